The molecule has 0 radical (unpaired) electrons. The van der Waals surface area contributed by atoms with Gasteiger partial charge in [-0.2, -0.15) is 4.98 Å². The van der Waals surface area contributed by atoms with Crippen LogP contribution in [0.15, 0.2) is 36.5 Å². The molecule has 1 N–H and O–H groups in total. The molecular formula is C19H27N5O. The Morgan fingerprint density at radius 2 is 1.80 bits per heavy atom. The molecule has 0 atom stereocenters. The maximum atomic E-state index is 5.67. The van der Waals surface area contributed by atoms with E-state index < -0.39 is 0 Å². The molecule has 2 heterocycles. The summed E-state index contributed by atoms with van der Waals surface area (Å²) in [6.45, 7) is 11.4. The fourth-order valence-electron chi connectivity index (χ4n) is 2.87. The molecule has 1 aliphatic heterocycles. The molecule has 2 aromatic rings. The van der Waals surface area contributed by atoms with E-state index in [1.165, 1.54) is 0 Å². The molecule has 0 aliphatic carbocycles. The van der Waals surface area contributed by atoms with Gasteiger partial charge < -0.3 is 19.9 Å². The minimum absolute atomic E-state index is 0.177. The van der Waals surface area contributed by atoms with Gasteiger partial charge in [-0.3, -0.25) is 0 Å². The number of likely N-dealkylation sites (N-methyl/N-ethyl adjacent to an activating group) is 1. The standard InChI is InChI=1S/C19H27N5O/c1-4-23-11-13-24(14-12-23)19-20-10-9-18(22-19)21-16-5-7-17(8-6-16)25-15(2)3/h5-10,15H,4,11-14H2,1-3H3,(H,20,21,22). The Kier molecular flexibility index (Phi) is 5.71. The Labute approximate surface area is 149 Å². The Morgan fingerprint density at radius 3 is 2.44 bits per heavy atom. The minimum Gasteiger partial charge on any atom is -0.491 e. The molecule has 1 saturated heterocycles. The number of hydrogen-bond acceptors (Lipinski definition) is 6. The highest BCUT2D eigenvalue weighted by Crippen LogP contribution is 2.21. The van der Waals surface area contributed by atoms with Gasteiger partial charge in [-0.1, -0.05) is 6.92 Å². The van der Waals surface area contributed by atoms with Crippen molar-refractivity contribution >= 4 is 17.5 Å². The van der Waals surface area contributed by atoms with Crippen molar-refractivity contribution in [2.24, 2.45) is 0 Å². The van der Waals surface area contributed by atoms with Crippen molar-refractivity contribution in [1.82, 2.24) is 14.9 Å². The number of benzene rings is 1. The molecule has 134 valence electrons. The topological polar surface area (TPSA) is 53.5 Å². The van der Waals surface area contributed by atoms with E-state index in [4.69, 9.17) is 4.74 Å². The highest BCUT2D eigenvalue weighted by molar-refractivity contribution is 5.58. The molecule has 1 aromatic carbocycles. The quantitative estimate of drug-likeness (QED) is 0.871. The third-order valence-electron chi connectivity index (χ3n) is 4.24. The first-order chi connectivity index (χ1) is 12.1. The van der Waals surface area contributed by atoms with E-state index in [0.717, 1.165) is 55.9 Å². The number of anilines is 3. The lowest BCUT2D eigenvalue weighted by atomic mass is 10.3. The molecule has 6 heteroatoms. The monoisotopic (exact) mass is 341 g/mol. The smallest absolute Gasteiger partial charge is 0.227 e. The molecule has 6 nitrogen and oxygen atoms in total. The van der Waals surface area contributed by atoms with Gasteiger partial charge in [0.2, 0.25) is 5.95 Å². The second kappa shape index (κ2) is 8.16. The fourth-order valence-corrected chi connectivity index (χ4v) is 2.87. The van der Waals surface area contributed by atoms with Crippen molar-refractivity contribution in [3.8, 4) is 5.75 Å². The van der Waals surface area contributed by atoms with Crippen LogP contribution >= 0.6 is 0 Å². The van der Waals surface area contributed by atoms with Crippen molar-refractivity contribution in [1.29, 1.82) is 0 Å². The van der Waals surface area contributed by atoms with Crippen LogP contribution in [0.5, 0.6) is 5.75 Å². The minimum atomic E-state index is 0.177. The molecule has 0 spiro atoms. The number of nitrogens with one attached hydrogen (secondary N) is 1. The Hall–Kier alpha value is -2.34. The van der Waals surface area contributed by atoms with Gasteiger partial charge in [0.05, 0.1) is 6.10 Å². The summed E-state index contributed by atoms with van der Waals surface area (Å²) in [4.78, 5) is 13.8. The average Bonchev–Trinajstić information content (AvgIpc) is 2.63. The summed E-state index contributed by atoms with van der Waals surface area (Å²) in [6, 6.07) is 9.83. The van der Waals surface area contributed by atoms with Crippen LogP contribution in [0.1, 0.15) is 20.8 Å². The molecule has 0 amide bonds. The Bertz CT molecular complexity index is 666. The zero-order valence-corrected chi connectivity index (χ0v) is 15.3. The number of nitrogens with zero attached hydrogens (tertiary/aromatic N) is 4. The predicted molar refractivity (Wildman–Crippen MR) is 102 cm³/mol. The van der Waals surface area contributed by atoms with Crippen molar-refractivity contribution in [3.05, 3.63) is 36.5 Å². The van der Waals surface area contributed by atoms with Crippen LogP contribution < -0.4 is 15.0 Å². The zero-order valence-electron chi connectivity index (χ0n) is 15.3. The number of rotatable bonds is 6. The number of aromatic nitrogens is 2. The Morgan fingerprint density at radius 1 is 1.08 bits per heavy atom. The predicted octanol–water partition coefficient (Wildman–Crippen LogP) is 3.15. The van der Waals surface area contributed by atoms with Crippen molar-refractivity contribution < 1.29 is 4.74 Å². The average molecular weight is 341 g/mol. The maximum Gasteiger partial charge on any atom is 0.227 e. The van der Waals surface area contributed by atoms with Crippen LogP contribution in [0, 0.1) is 0 Å². The highest BCUT2D eigenvalue weighted by Gasteiger charge is 2.17. The van der Waals surface area contributed by atoms with E-state index >= 15 is 0 Å². The zero-order chi connectivity index (χ0) is 17.6. The van der Waals surface area contributed by atoms with Gasteiger partial charge in [-0.15, -0.1) is 0 Å². The lowest BCUT2D eigenvalue weighted by Gasteiger charge is -2.34. The SMILES string of the molecule is CCN1CCN(c2nccc(Nc3ccc(OC(C)C)cc3)n2)CC1. The molecule has 0 unspecified atom stereocenters. The Balaban J connectivity index is 1.63. The van der Waals surface area contributed by atoms with Gasteiger partial charge in [0, 0.05) is 38.1 Å². The van der Waals surface area contributed by atoms with Gasteiger partial charge in [-0.25, -0.2) is 4.98 Å². The normalized spacial score (nSPS) is 15.4. The third-order valence-corrected chi connectivity index (χ3v) is 4.24. The summed E-state index contributed by atoms with van der Waals surface area (Å²) >= 11 is 0. The lowest BCUT2D eigenvalue weighted by Crippen LogP contribution is -2.46. The largest absolute Gasteiger partial charge is 0.491 e. The van der Waals surface area contributed by atoms with E-state index in [0.29, 0.717) is 0 Å². The second-order valence-electron chi connectivity index (χ2n) is 6.48. The first-order valence-corrected chi connectivity index (χ1v) is 8.98. The van der Waals surface area contributed by atoms with Crippen LogP contribution in [0.25, 0.3) is 0 Å². The summed E-state index contributed by atoms with van der Waals surface area (Å²) < 4.78 is 5.67. The second-order valence-corrected chi connectivity index (χ2v) is 6.48. The van der Waals surface area contributed by atoms with Crippen molar-refractivity contribution in [2.75, 3.05) is 42.9 Å². The van der Waals surface area contributed by atoms with E-state index in [-0.39, 0.29) is 6.10 Å². The summed E-state index contributed by atoms with van der Waals surface area (Å²) in [6.07, 6.45) is 1.99. The van der Waals surface area contributed by atoms with Gasteiger partial charge in [-0.05, 0) is 50.7 Å². The van der Waals surface area contributed by atoms with Gasteiger partial charge in [0.1, 0.15) is 11.6 Å². The van der Waals surface area contributed by atoms with Gasteiger partial charge in [0.25, 0.3) is 0 Å². The number of hydrogen-bond donors (Lipinski definition) is 1. The van der Waals surface area contributed by atoms with E-state index in [2.05, 4.69) is 32.0 Å². The lowest BCUT2D eigenvalue weighted by molar-refractivity contribution is 0.242. The third kappa shape index (κ3) is 4.82. The summed E-state index contributed by atoms with van der Waals surface area (Å²) in [7, 11) is 0. The molecule has 0 bridgehead atoms. The van der Waals surface area contributed by atoms with Gasteiger partial charge >= 0.3 is 0 Å². The summed E-state index contributed by atoms with van der Waals surface area (Å²) in [5, 5.41) is 3.34. The molecule has 1 aliphatic rings. The van der Waals surface area contributed by atoms with E-state index in [1.54, 1.807) is 0 Å². The van der Waals surface area contributed by atoms with Crippen LogP contribution in [0.4, 0.5) is 17.5 Å². The summed E-state index contributed by atoms with van der Waals surface area (Å²) in [5.41, 5.74) is 0.983. The highest BCUT2D eigenvalue weighted by atomic mass is 16.5. The molecule has 3 rings (SSSR count). The number of ether oxygens (including phenoxy) is 1. The molecule has 1 aromatic heterocycles. The fraction of sp³-hybridized carbons (Fsp3) is 0.474. The first-order valence-electron chi connectivity index (χ1n) is 8.98. The van der Waals surface area contributed by atoms with E-state index in [1.807, 2.05) is 50.4 Å². The van der Waals surface area contributed by atoms with Crippen LogP contribution in [-0.4, -0.2) is 53.7 Å². The van der Waals surface area contributed by atoms with Crippen molar-refractivity contribution in [3.63, 3.8) is 0 Å². The molecule has 25 heavy (non-hydrogen) atoms. The first kappa shape index (κ1) is 17.5. The number of piperazine rings is 1. The van der Waals surface area contributed by atoms with Crippen LogP contribution in [0.3, 0.4) is 0 Å². The van der Waals surface area contributed by atoms with Crippen LogP contribution in [0.2, 0.25) is 0 Å². The van der Waals surface area contributed by atoms with Crippen LogP contribution in [-0.2, 0) is 0 Å². The van der Waals surface area contributed by atoms with Gasteiger partial charge in [0.15, 0.2) is 0 Å². The molecular weight excluding hydrogens is 314 g/mol. The maximum absolute atomic E-state index is 5.67. The molecule has 0 saturated carbocycles. The van der Waals surface area contributed by atoms with Crippen molar-refractivity contribution in [2.45, 2.75) is 26.9 Å². The molecule has 1 fully saturated rings. The summed E-state index contributed by atoms with van der Waals surface area (Å²) in [5.74, 6) is 2.47. The van der Waals surface area contributed by atoms with E-state index in [9.17, 15) is 0 Å².